The van der Waals surface area contributed by atoms with E-state index in [-0.39, 0.29) is 17.2 Å². The predicted molar refractivity (Wildman–Crippen MR) is 157 cm³/mol. The summed E-state index contributed by atoms with van der Waals surface area (Å²) in [5.41, 5.74) is 3.47. The molecule has 4 nitrogen and oxygen atoms in total. The third-order valence-corrected chi connectivity index (χ3v) is 10.7. The largest absolute Gasteiger partial charge is 0.345 e. The van der Waals surface area contributed by atoms with Crippen molar-refractivity contribution in [2.75, 3.05) is 39.0 Å². The fourth-order valence-electron chi connectivity index (χ4n) is 5.93. The van der Waals surface area contributed by atoms with Gasteiger partial charge in [0.15, 0.2) is 0 Å². The molecule has 3 aromatic rings. The molecule has 200 valence electrons. The number of hydrogen-bond acceptors (Lipinski definition) is 3. The highest BCUT2D eigenvalue weighted by atomic mass is 35.5. The van der Waals surface area contributed by atoms with E-state index in [4.69, 9.17) is 23.2 Å². The average molecular weight is 570 g/mol. The van der Waals surface area contributed by atoms with Crippen LogP contribution in [0.15, 0.2) is 77.7 Å². The van der Waals surface area contributed by atoms with Gasteiger partial charge in [0.25, 0.3) is 0 Å². The number of halogens is 2. The lowest BCUT2D eigenvalue weighted by atomic mass is 9.74. The van der Waals surface area contributed by atoms with Crippen molar-refractivity contribution in [3.05, 3.63) is 99.5 Å². The first kappa shape index (κ1) is 27.4. The minimum atomic E-state index is -0.892. The van der Waals surface area contributed by atoms with Crippen LogP contribution in [0.3, 0.4) is 0 Å². The molecular weight excluding hydrogens is 535 g/mol. The summed E-state index contributed by atoms with van der Waals surface area (Å²) in [6.07, 6.45) is 3.37. The van der Waals surface area contributed by atoms with E-state index in [2.05, 4.69) is 17.0 Å². The van der Waals surface area contributed by atoms with Gasteiger partial charge >= 0.3 is 0 Å². The number of amides is 1. The van der Waals surface area contributed by atoms with Crippen molar-refractivity contribution in [1.29, 1.82) is 0 Å². The van der Waals surface area contributed by atoms with Crippen LogP contribution in [0.25, 0.3) is 0 Å². The molecule has 0 aromatic heterocycles. The first-order valence-electron chi connectivity index (χ1n) is 13.3. The van der Waals surface area contributed by atoms with Gasteiger partial charge in [-0.2, -0.15) is 0 Å². The standard InChI is InChI=1S/C31H34Cl2N2O2S/c1-34(30(36)19-23-7-3-2-4-8-23)21-25(24-11-12-27(32)28(33)20-24)13-16-35-17-14-31(15-18-35)22-38(37)29-10-6-5-9-26(29)31/h2-12,20,25H,13-19,21-22H2,1H3/t25-,38?/m1/s1. The highest BCUT2D eigenvalue weighted by Crippen LogP contribution is 2.45. The van der Waals surface area contributed by atoms with Crippen molar-refractivity contribution in [3.63, 3.8) is 0 Å². The fourth-order valence-corrected chi connectivity index (χ4v) is 8.10. The topological polar surface area (TPSA) is 40.6 Å². The molecule has 1 saturated heterocycles. The maximum absolute atomic E-state index is 13.0. The van der Waals surface area contributed by atoms with E-state index >= 15 is 0 Å². The van der Waals surface area contributed by atoms with Crippen molar-refractivity contribution < 1.29 is 9.00 Å². The second-order valence-corrected chi connectivity index (χ2v) is 12.9. The van der Waals surface area contributed by atoms with Gasteiger partial charge in [0, 0.05) is 35.6 Å². The number of nitrogens with zero attached hydrogens (tertiary/aromatic N) is 2. The Morgan fingerprint density at radius 2 is 1.71 bits per heavy atom. The minimum Gasteiger partial charge on any atom is -0.345 e. The summed E-state index contributed by atoms with van der Waals surface area (Å²) >= 11 is 12.6. The van der Waals surface area contributed by atoms with Crippen molar-refractivity contribution in [3.8, 4) is 0 Å². The van der Waals surface area contributed by atoms with E-state index in [1.54, 1.807) is 0 Å². The van der Waals surface area contributed by atoms with E-state index in [0.717, 1.165) is 60.7 Å². The smallest absolute Gasteiger partial charge is 0.226 e. The number of carbonyl (C=O) groups excluding carboxylic acids is 1. The number of likely N-dealkylation sites (N-methyl/N-ethyl adjacent to an activating group) is 1. The molecule has 5 rings (SSSR count). The molecule has 0 radical (unpaired) electrons. The third kappa shape index (κ3) is 6.02. The molecule has 2 heterocycles. The third-order valence-electron chi connectivity index (χ3n) is 8.25. The molecule has 0 N–H and O–H groups in total. The van der Waals surface area contributed by atoms with Crippen molar-refractivity contribution in [1.82, 2.24) is 9.80 Å². The lowest BCUT2D eigenvalue weighted by Crippen LogP contribution is -2.44. The van der Waals surface area contributed by atoms with E-state index in [9.17, 15) is 9.00 Å². The average Bonchev–Trinajstić information content (AvgIpc) is 3.20. The number of piperidine rings is 1. The Balaban J connectivity index is 1.24. The minimum absolute atomic E-state index is 0.0468. The number of carbonyl (C=O) groups is 1. The Bertz CT molecular complexity index is 1310. The zero-order chi connectivity index (χ0) is 26.7. The lowest BCUT2D eigenvalue weighted by Gasteiger charge is -2.40. The number of benzene rings is 3. The number of fused-ring (bicyclic) bond motifs is 2. The molecule has 1 unspecified atom stereocenters. The Morgan fingerprint density at radius 1 is 1.00 bits per heavy atom. The van der Waals surface area contributed by atoms with Crippen LogP contribution in [-0.4, -0.2) is 58.9 Å². The fraction of sp³-hybridized carbons (Fsp3) is 0.387. The molecule has 1 spiro atoms. The summed E-state index contributed by atoms with van der Waals surface area (Å²) < 4.78 is 12.8. The molecule has 1 fully saturated rings. The Morgan fingerprint density at radius 3 is 2.45 bits per heavy atom. The van der Waals surface area contributed by atoms with Crippen molar-refractivity contribution >= 4 is 39.9 Å². The summed E-state index contributed by atoms with van der Waals surface area (Å²) in [6, 6.07) is 24.0. The van der Waals surface area contributed by atoms with Crippen LogP contribution >= 0.6 is 23.2 Å². The molecule has 2 aliphatic rings. The SMILES string of the molecule is CN(C[C@@H](CCN1CCC2(CC1)CS(=O)c1ccccc12)c1ccc(Cl)c(Cl)c1)C(=O)Cc1ccccc1. The quantitative estimate of drug-likeness (QED) is 0.319. The highest BCUT2D eigenvalue weighted by molar-refractivity contribution is 7.85. The Kier molecular flexibility index (Phi) is 8.59. The number of hydrogen-bond donors (Lipinski definition) is 0. The van der Waals surface area contributed by atoms with Crippen LogP contribution in [-0.2, 0) is 27.4 Å². The van der Waals surface area contributed by atoms with E-state index in [1.165, 1.54) is 5.56 Å². The monoisotopic (exact) mass is 568 g/mol. The first-order chi connectivity index (χ1) is 18.3. The summed E-state index contributed by atoms with van der Waals surface area (Å²) in [4.78, 5) is 18.4. The molecule has 0 aliphatic carbocycles. The van der Waals surface area contributed by atoms with Gasteiger partial charge in [-0.15, -0.1) is 0 Å². The number of likely N-dealkylation sites (tertiary alicyclic amines) is 1. The zero-order valence-corrected chi connectivity index (χ0v) is 24.1. The molecular formula is C31H34Cl2N2O2S. The molecule has 1 amide bonds. The zero-order valence-electron chi connectivity index (χ0n) is 21.7. The molecule has 7 heteroatoms. The van der Waals surface area contributed by atoms with Gasteiger partial charge in [-0.25, -0.2) is 0 Å². The molecule has 2 aliphatic heterocycles. The van der Waals surface area contributed by atoms with Gasteiger partial charge in [0.1, 0.15) is 0 Å². The summed E-state index contributed by atoms with van der Waals surface area (Å²) in [6.45, 7) is 3.53. The first-order valence-corrected chi connectivity index (χ1v) is 15.4. The van der Waals surface area contributed by atoms with Crippen molar-refractivity contribution in [2.45, 2.75) is 41.9 Å². The summed E-state index contributed by atoms with van der Waals surface area (Å²) in [5.74, 6) is 1.000. The molecule has 38 heavy (non-hydrogen) atoms. The molecule has 0 bridgehead atoms. The van der Waals surface area contributed by atoms with Crippen LogP contribution in [0.4, 0.5) is 0 Å². The molecule has 3 aromatic carbocycles. The van der Waals surface area contributed by atoms with Crippen LogP contribution in [0.2, 0.25) is 10.0 Å². The summed E-state index contributed by atoms with van der Waals surface area (Å²) in [5, 5.41) is 1.08. The highest BCUT2D eigenvalue weighted by Gasteiger charge is 2.44. The van der Waals surface area contributed by atoms with Gasteiger partial charge in [-0.05, 0) is 73.8 Å². The number of rotatable bonds is 8. The predicted octanol–water partition coefficient (Wildman–Crippen LogP) is 6.32. The second-order valence-electron chi connectivity index (χ2n) is 10.7. The van der Waals surface area contributed by atoms with Gasteiger partial charge in [-0.1, -0.05) is 77.8 Å². The Labute approximate surface area is 238 Å². The van der Waals surface area contributed by atoms with Crippen LogP contribution in [0.1, 0.15) is 41.9 Å². The van der Waals surface area contributed by atoms with Gasteiger partial charge in [0.05, 0.1) is 27.3 Å². The maximum Gasteiger partial charge on any atom is 0.226 e. The van der Waals surface area contributed by atoms with Crippen molar-refractivity contribution in [2.24, 2.45) is 0 Å². The van der Waals surface area contributed by atoms with Gasteiger partial charge < -0.3 is 9.80 Å². The van der Waals surface area contributed by atoms with E-state index in [0.29, 0.717) is 23.0 Å². The van der Waals surface area contributed by atoms with Gasteiger partial charge in [0.2, 0.25) is 5.91 Å². The Hall–Kier alpha value is -2.18. The molecule has 2 atom stereocenters. The maximum atomic E-state index is 13.0. The normalized spacial score (nSPS) is 19.3. The summed E-state index contributed by atoms with van der Waals surface area (Å²) in [7, 11) is 0.995. The van der Waals surface area contributed by atoms with E-state index < -0.39 is 10.8 Å². The van der Waals surface area contributed by atoms with Crippen LogP contribution in [0.5, 0.6) is 0 Å². The lowest BCUT2D eigenvalue weighted by molar-refractivity contribution is -0.129. The van der Waals surface area contributed by atoms with E-state index in [1.807, 2.05) is 72.6 Å². The second kappa shape index (κ2) is 11.9. The van der Waals surface area contributed by atoms with Crippen LogP contribution in [0, 0.1) is 0 Å². The van der Waals surface area contributed by atoms with Crippen LogP contribution < -0.4 is 0 Å². The molecule has 0 saturated carbocycles. The van der Waals surface area contributed by atoms with Gasteiger partial charge in [-0.3, -0.25) is 9.00 Å².